The van der Waals surface area contributed by atoms with Gasteiger partial charge in [0, 0.05) is 17.1 Å². The molecule has 7 heteroatoms. The van der Waals surface area contributed by atoms with Gasteiger partial charge < -0.3 is 5.32 Å². The molecule has 0 aliphatic rings. The van der Waals surface area contributed by atoms with E-state index in [2.05, 4.69) is 20.6 Å². The SMILES string of the molecule is Cc1ccc(-c2cc(C(=O)NCc3cccc(Cl)c3)nn3cnnc23)cc1. The number of benzene rings is 2. The summed E-state index contributed by atoms with van der Waals surface area (Å²) in [6, 6.07) is 17.1. The second kappa shape index (κ2) is 7.17. The number of nitrogens with one attached hydrogen (secondary N) is 1. The first-order chi connectivity index (χ1) is 13.1. The number of fused-ring (bicyclic) bond motifs is 1. The molecule has 2 heterocycles. The number of halogens is 1. The third-order valence-corrected chi connectivity index (χ3v) is 4.44. The fraction of sp³-hybridized carbons (Fsp3) is 0.100. The van der Waals surface area contributed by atoms with Crippen LogP contribution in [-0.4, -0.2) is 25.7 Å². The predicted molar refractivity (Wildman–Crippen MR) is 104 cm³/mol. The predicted octanol–water partition coefficient (Wildman–Crippen LogP) is 3.68. The number of nitrogens with zero attached hydrogens (tertiary/aromatic N) is 4. The lowest BCUT2D eigenvalue weighted by molar-refractivity contribution is 0.0944. The number of rotatable bonds is 4. The fourth-order valence-electron chi connectivity index (χ4n) is 2.80. The lowest BCUT2D eigenvalue weighted by Gasteiger charge is -2.09. The Balaban J connectivity index is 1.65. The molecule has 0 saturated carbocycles. The van der Waals surface area contributed by atoms with Gasteiger partial charge in [0.25, 0.3) is 5.91 Å². The second-order valence-corrected chi connectivity index (χ2v) is 6.66. The number of carbonyl (C=O) groups is 1. The van der Waals surface area contributed by atoms with E-state index >= 15 is 0 Å². The zero-order valence-corrected chi connectivity index (χ0v) is 15.3. The summed E-state index contributed by atoms with van der Waals surface area (Å²) in [7, 11) is 0. The van der Waals surface area contributed by atoms with Crippen LogP contribution in [0.2, 0.25) is 5.02 Å². The van der Waals surface area contributed by atoms with Crippen molar-refractivity contribution in [3.05, 3.63) is 82.8 Å². The molecule has 1 N–H and O–H groups in total. The lowest BCUT2D eigenvalue weighted by Crippen LogP contribution is -2.24. The molecule has 1 amide bonds. The minimum Gasteiger partial charge on any atom is -0.347 e. The monoisotopic (exact) mass is 377 g/mol. The van der Waals surface area contributed by atoms with E-state index < -0.39 is 0 Å². The molecule has 27 heavy (non-hydrogen) atoms. The van der Waals surface area contributed by atoms with Crippen LogP contribution in [0, 0.1) is 6.92 Å². The number of hydrogen-bond donors (Lipinski definition) is 1. The summed E-state index contributed by atoms with van der Waals surface area (Å²) in [5.74, 6) is -0.279. The molecule has 6 nitrogen and oxygen atoms in total. The van der Waals surface area contributed by atoms with Gasteiger partial charge in [-0.3, -0.25) is 4.79 Å². The van der Waals surface area contributed by atoms with Crippen molar-refractivity contribution in [2.45, 2.75) is 13.5 Å². The quantitative estimate of drug-likeness (QED) is 0.588. The Kier molecular flexibility index (Phi) is 4.56. The minimum atomic E-state index is -0.279. The molecule has 2 aromatic carbocycles. The highest BCUT2D eigenvalue weighted by Crippen LogP contribution is 2.24. The molecule has 0 radical (unpaired) electrons. The van der Waals surface area contributed by atoms with E-state index in [4.69, 9.17) is 11.6 Å². The molecular formula is C20H16ClN5O. The molecule has 0 aliphatic heterocycles. The summed E-state index contributed by atoms with van der Waals surface area (Å²) in [4.78, 5) is 12.6. The molecule has 4 aromatic rings. The average Bonchev–Trinajstić information content (AvgIpc) is 3.15. The van der Waals surface area contributed by atoms with Gasteiger partial charge >= 0.3 is 0 Å². The standard InChI is InChI=1S/C20H16ClN5O/c1-13-5-7-15(8-6-13)17-10-18(25-26-12-23-24-19(17)26)20(27)22-11-14-3-2-4-16(21)9-14/h2-10,12H,11H2,1H3,(H,22,27). The zero-order chi connectivity index (χ0) is 18.8. The van der Waals surface area contributed by atoms with Gasteiger partial charge in [-0.1, -0.05) is 53.6 Å². The second-order valence-electron chi connectivity index (χ2n) is 6.22. The number of hydrogen-bond acceptors (Lipinski definition) is 4. The highest BCUT2D eigenvalue weighted by molar-refractivity contribution is 6.30. The smallest absolute Gasteiger partial charge is 0.272 e. The number of carbonyl (C=O) groups excluding carboxylic acids is 1. The van der Waals surface area contributed by atoms with Crippen molar-refractivity contribution in [1.82, 2.24) is 25.1 Å². The summed E-state index contributed by atoms with van der Waals surface area (Å²) in [5.41, 5.74) is 4.72. The molecule has 4 rings (SSSR count). The Bertz CT molecular complexity index is 1120. The van der Waals surface area contributed by atoms with E-state index in [-0.39, 0.29) is 5.91 Å². The first-order valence-electron chi connectivity index (χ1n) is 8.41. The van der Waals surface area contributed by atoms with Crippen LogP contribution in [0.5, 0.6) is 0 Å². The molecule has 0 atom stereocenters. The molecule has 0 spiro atoms. The minimum absolute atomic E-state index is 0.279. The summed E-state index contributed by atoms with van der Waals surface area (Å²) in [5, 5.41) is 15.9. The molecular weight excluding hydrogens is 362 g/mol. The highest BCUT2D eigenvalue weighted by Gasteiger charge is 2.15. The van der Waals surface area contributed by atoms with Gasteiger partial charge in [0.2, 0.25) is 0 Å². The number of amides is 1. The molecule has 134 valence electrons. The van der Waals surface area contributed by atoms with Crippen molar-refractivity contribution in [2.75, 3.05) is 0 Å². The van der Waals surface area contributed by atoms with Crippen LogP contribution < -0.4 is 5.32 Å². The van der Waals surface area contributed by atoms with Crippen molar-refractivity contribution in [2.24, 2.45) is 0 Å². The van der Waals surface area contributed by atoms with E-state index in [1.54, 1.807) is 12.1 Å². The highest BCUT2D eigenvalue weighted by atomic mass is 35.5. The molecule has 2 aromatic heterocycles. The van der Waals surface area contributed by atoms with Crippen molar-refractivity contribution in [3.63, 3.8) is 0 Å². The Hall–Kier alpha value is -3.25. The van der Waals surface area contributed by atoms with E-state index in [1.807, 2.05) is 49.4 Å². The van der Waals surface area contributed by atoms with Crippen molar-refractivity contribution >= 4 is 23.2 Å². The van der Waals surface area contributed by atoms with Crippen molar-refractivity contribution in [3.8, 4) is 11.1 Å². The van der Waals surface area contributed by atoms with Crippen LogP contribution in [0.25, 0.3) is 16.8 Å². The van der Waals surface area contributed by atoms with Gasteiger partial charge in [-0.2, -0.15) is 9.61 Å². The Morgan fingerprint density at radius 3 is 2.74 bits per heavy atom. The van der Waals surface area contributed by atoms with Gasteiger partial charge in [0.15, 0.2) is 5.65 Å². The van der Waals surface area contributed by atoms with Gasteiger partial charge in [-0.05, 0) is 36.2 Å². The Labute approximate surface area is 160 Å². The van der Waals surface area contributed by atoms with Crippen LogP contribution in [0.3, 0.4) is 0 Å². The van der Waals surface area contributed by atoms with E-state index in [0.29, 0.717) is 22.9 Å². The summed E-state index contributed by atoms with van der Waals surface area (Å²) >= 11 is 5.99. The molecule has 0 unspecified atom stereocenters. The van der Waals surface area contributed by atoms with Crippen LogP contribution in [0.4, 0.5) is 0 Å². The third kappa shape index (κ3) is 3.66. The maximum atomic E-state index is 12.6. The van der Waals surface area contributed by atoms with Crippen LogP contribution >= 0.6 is 11.6 Å². The van der Waals surface area contributed by atoms with Crippen molar-refractivity contribution in [1.29, 1.82) is 0 Å². The zero-order valence-electron chi connectivity index (χ0n) is 14.6. The van der Waals surface area contributed by atoms with E-state index in [0.717, 1.165) is 22.3 Å². The van der Waals surface area contributed by atoms with Crippen molar-refractivity contribution < 1.29 is 4.79 Å². The Morgan fingerprint density at radius 1 is 1.15 bits per heavy atom. The van der Waals surface area contributed by atoms with Gasteiger partial charge in [0.1, 0.15) is 12.0 Å². The van der Waals surface area contributed by atoms with E-state index in [1.165, 1.54) is 10.8 Å². The fourth-order valence-corrected chi connectivity index (χ4v) is 3.02. The molecule has 0 fully saturated rings. The van der Waals surface area contributed by atoms with Gasteiger partial charge in [-0.25, -0.2) is 0 Å². The van der Waals surface area contributed by atoms with E-state index in [9.17, 15) is 4.79 Å². The van der Waals surface area contributed by atoms with Crippen LogP contribution in [0.15, 0.2) is 60.9 Å². The lowest BCUT2D eigenvalue weighted by atomic mass is 10.0. The first kappa shape index (κ1) is 17.2. The Morgan fingerprint density at radius 2 is 1.96 bits per heavy atom. The molecule has 0 saturated heterocycles. The molecule has 0 bridgehead atoms. The summed E-state index contributed by atoms with van der Waals surface area (Å²) in [6.45, 7) is 2.39. The first-order valence-corrected chi connectivity index (χ1v) is 8.79. The third-order valence-electron chi connectivity index (χ3n) is 4.21. The van der Waals surface area contributed by atoms with Crippen LogP contribution in [-0.2, 0) is 6.54 Å². The topological polar surface area (TPSA) is 72.2 Å². The maximum Gasteiger partial charge on any atom is 0.272 e. The van der Waals surface area contributed by atoms with Gasteiger partial charge in [-0.15, -0.1) is 10.2 Å². The maximum absolute atomic E-state index is 12.6. The normalized spacial score (nSPS) is 10.9. The number of aromatic nitrogens is 4. The largest absolute Gasteiger partial charge is 0.347 e. The number of aryl methyl sites for hydroxylation is 1. The average molecular weight is 378 g/mol. The summed E-state index contributed by atoms with van der Waals surface area (Å²) in [6.07, 6.45) is 1.49. The summed E-state index contributed by atoms with van der Waals surface area (Å²) < 4.78 is 1.52. The van der Waals surface area contributed by atoms with Gasteiger partial charge in [0.05, 0.1) is 0 Å². The molecule has 0 aliphatic carbocycles. The van der Waals surface area contributed by atoms with Crippen LogP contribution in [0.1, 0.15) is 21.6 Å².